The molecule has 4 unspecified atom stereocenters. The van der Waals surface area contributed by atoms with E-state index in [0.29, 0.717) is 12.1 Å². The summed E-state index contributed by atoms with van der Waals surface area (Å²) in [6, 6.07) is 0.490. The topological polar surface area (TPSA) is 30.5 Å². The molecule has 0 aromatic heterocycles. The predicted octanol–water partition coefficient (Wildman–Crippen LogP) is 1.62. The second kappa shape index (κ2) is 7.24. The molecular weight excluding hydrogens is 254 g/mol. The monoisotopic (exact) mass is 277 g/mol. The van der Waals surface area contributed by atoms with Gasteiger partial charge >= 0.3 is 0 Å². The van der Waals surface area contributed by atoms with E-state index < -0.39 is 0 Å². The molecule has 0 amide bonds. The summed E-state index contributed by atoms with van der Waals surface area (Å²) in [5.74, 6) is 3.91. The molecule has 2 aliphatic rings. The molecule has 1 heterocycles. The molecule has 0 aromatic rings. The molecule has 2 rings (SSSR count). The fraction of sp³-hybridized carbons (Fsp3) is 1.00. The number of thioether (sulfide) groups is 2. The van der Waals surface area contributed by atoms with E-state index in [1.54, 1.807) is 7.11 Å². The molecule has 0 aromatic carbocycles. The number of methoxy groups -OCH3 is 1. The van der Waals surface area contributed by atoms with E-state index in [1.807, 2.05) is 6.92 Å². The van der Waals surface area contributed by atoms with Gasteiger partial charge in [0, 0.05) is 48.8 Å². The Kier molecular flexibility index (Phi) is 5.96. The molecule has 1 aliphatic heterocycles. The largest absolute Gasteiger partial charge is 0.377 e. The van der Waals surface area contributed by atoms with Crippen molar-refractivity contribution in [2.45, 2.75) is 36.8 Å². The van der Waals surface area contributed by atoms with Crippen molar-refractivity contribution in [1.29, 1.82) is 0 Å². The Balaban J connectivity index is 1.65. The van der Waals surface area contributed by atoms with Crippen LogP contribution in [0.1, 0.15) is 13.3 Å². The van der Waals surface area contributed by atoms with Crippen molar-refractivity contribution in [3.05, 3.63) is 0 Å². The lowest BCUT2D eigenvalue weighted by Crippen LogP contribution is -2.60. The Morgan fingerprint density at radius 2 is 2.24 bits per heavy atom. The zero-order chi connectivity index (χ0) is 12.1. The summed E-state index contributed by atoms with van der Waals surface area (Å²) >= 11 is 4.18. The van der Waals surface area contributed by atoms with Gasteiger partial charge in [-0.25, -0.2) is 0 Å². The summed E-state index contributed by atoms with van der Waals surface area (Å²) in [7, 11) is 1.79. The second-order valence-corrected chi connectivity index (χ2v) is 7.07. The smallest absolute Gasteiger partial charge is 0.0986 e. The molecule has 1 saturated carbocycles. The van der Waals surface area contributed by atoms with E-state index in [1.165, 1.54) is 17.3 Å². The quantitative estimate of drug-likeness (QED) is 0.797. The van der Waals surface area contributed by atoms with Crippen molar-refractivity contribution in [2.75, 3.05) is 37.5 Å². The van der Waals surface area contributed by atoms with Gasteiger partial charge in [-0.15, -0.1) is 0 Å². The highest BCUT2D eigenvalue weighted by atomic mass is 32.2. The van der Waals surface area contributed by atoms with E-state index in [-0.39, 0.29) is 6.10 Å². The standard InChI is InChI=1S/C12H23NO2S2/c1-3-15-11-6-10(12(11)14-2)13-7-9-8-16-4-5-17-9/h9-13H,3-8H2,1-2H3. The van der Waals surface area contributed by atoms with Crippen molar-refractivity contribution in [2.24, 2.45) is 0 Å². The maximum absolute atomic E-state index is 5.63. The highest BCUT2D eigenvalue weighted by Gasteiger charge is 2.41. The molecule has 1 aliphatic carbocycles. The van der Waals surface area contributed by atoms with Gasteiger partial charge in [0.15, 0.2) is 0 Å². The van der Waals surface area contributed by atoms with Gasteiger partial charge in [-0.05, 0) is 13.3 Å². The highest BCUT2D eigenvalue weighted by molar-refractivity contribution is 8.06. The van der Waals surface area contributed by atoms with Crippen molar-refractivity contribution in [3.63, 3.8) is 0 Å². The Bertz CT molecular complexity index is 225. The Hall–Kier alpha value is 0.580. The molecule has 1 saturated heterocycles. The fourth-order valence-electron chi connectivity index (χ4n) is 2.41. The SMILES string of the molecule is CCOC1CC(NCC2CSCCS2)C1OC. The first-order valence-corrected chi connectivity index (χ1v) is 8.62. The molecule has 1 N–H and O–H groups in total. The average Bonchev–Trinajstić information content (AvgIpc) is 2.34. The molecule has 3 nitrogen and oxygen atoms in total. The first-order chi connectivity index (χ1) is 8.35. The van der Waals surface area contributed by atoms with Crippen LogP contribution < -0.4 is 5.32 Å². The summed E-state index contributed by atoms with van der Waals surface area (Å²) in [6.07, 6.45) is 1.64. The molecule has 4 atom stereocenters. The molecule has 5 heteroatoms. The van der Waals surface area contributed by atoms with Gasteiger partial charge in [0.1, 0.15) is 0 Å². The van der Waals surface area contributed by atoms with E-state index in [0.717, 1.165) is 24.8 Å². The van der Waals surface area contributed by atoms with Gasteiger partial charge < -0.3 is 14.8 Å². The van der Waals surface area contributed by atoms with Crippen LogP contribution in [0.25, 0.3) is 0 Å². The third-order valence-corrected chi connectivity index (χ3v) is 6.24. The molecule has 100 valence electrons. The maximum Gasteiger partial charge on any atom is 0.0986 e. The normalized spacial score (nSPS) is 37.8. The summed E-state index contributed by atoms with van der Waals surface area (Å²) in [4.78, 5) is 0. The minimum absolute atomic E-state index is 0.246. The predicted molar refractivity (Wildman–Crippen MR) is 76.2 cm³/mol. The van der Waals surface area contributed by atoms with Crippen LogP contribution in [0.3, 0.4) is 0 Å². The second-order valence-electron chi connectivity index (χ2n) is 4.51. The van der Waals surface area contributed by atoms with Crippen molar-refractivity contribution >= 4 is 23.5 Å². The van der Waals surface area contributed by atoms with Crippen LogP contribution in [0.4, 0.5) is 0 Å². The third kappa shape index (κ3) is 3.77. The molecular formula is C12H23NO2S2. The van der Waals surface area contributed by atoms with Crippen molar-refractivity contribution < 1.29 is 9.47 Å². The number of ether oxygens (including phenoxy) is 2. The van der Waals surface area contributed by atoms with Gasteiger partial charge in [0.05, 0.1) is 12.2 Å². The Morgan fingerprint density at radius 1 is 1.35 bits per heavy atom. The van der Waals surface area contributed by atoms with Gasteiger partial charge in [0.2, 0.25) is 0 Å². The minimum atomic E-state index is 0.246. The van der Waals surface area contributed by atoms with Crippen LogP contribution in [0.2, 0.25) is 0 Å². The van der Waals surface area contributed by atoms with E-state index in [4.69, 9.17) is 9.47 Å². The summed E-state index contributed by atoms with van der Waals surface area (Å²) in [5.41, 5.74) is 0. The van der Waals surface area contributed by atoms with Gasteiger partial charge in [-0.1, -0.05) is 0 Å². The molecule has 0 bridgehead atoms. The van der Waals surface area contributed by atoms with Crippen LogP contribution in [0.5, 0.6) is 0 Å². The van der Waals surface area contributed by atoms with Crippen LogP contribution in [0, 0.1) is 0 Å². The lowest BCUT2D eigenvalue weighted by atomic mass is 9.85. The molecule has 17 heavy (non-hydrogen) atoms. The van der Waals surface area contributed by atoms with Gasteiger partial charge in [-0.2, -0.15) is 23.5 Å². The Morgan fingerprint density at radius 3 is 2.88 bits per heavy atom. The van der Waals surface area contributed by atoms with E-state index >= 15 is 0 Å². The summed E-state index contributed by atoms with van der Waals surface area (Å²) < 4.78 is 11.1. The maximum atomic E-state index is 5.63. The first kappa shape index (κ1) is 14.0. The van der Waals surface area contributed by atoms with Crippen LogP contribution in [-0.4, -0.2) is 61.0 Å². The number of rotatable bonds is 6. The van der Waals surface area contributed by atoms with Crippen LogP contribution in [-0.2, 0) is 9.47 Å². The number of hydrogen-bond donors (Lipinski definition) is 1. The highest BCUT2D eigenvalue weighted by Crippen LogP contribution is 2.28. The lowest BCUT2D eigenvalue weighted by molar-refractivity contribution is -0.131. The fourth-order valence-corrected chi connectivity index (χ4v) is 5.04. The first-order valence-electron chi connectivity index (χ1n) is 6.42. The third-order valence-electron chi connectivity index (χ3n) is 3.39. The van der Waals surface area contributed by atoms with E-state index in [2.05, 4.69) is 28.8 Å². The number of hydrogen-bond acceptors (Lipinski definition) is 5. The Labute approximate surface area is 113 Å². The van der Waals surface area contributed by atoms with Crippen LogP contribution in [0.15, 0.2) is 0 Å². The van der Waals surface area contributed by atoms with Crippen LogP contribution >= 0.6 is 23.5 Å². The van der Waals surface area contributed by atoms with E-state index in [9.17, 15) is 0 Å². The van der Waals surface area contributed by atoms with Crippen molar-refractivity contribution in [3.8, 4) is 0 Å². The zero-order valence-electron chi connectivity index (χ0n) is 10.7. The summed E-state index contributed by atoms with van der Waals surface area (Å²) in [6.45, 7) is 3.94. The van der Waals surface area contributed by atoms with Gasteiger partial charge in [-0.3, -0.25) is 0 Å². The summed E-state index contributed by atoms with van der Waals surface area (Å²) in [5, 5.41) is 4.41. The molecule has 0 spiro atoms. The average molecular weight is 277 g/mol. The number of nitrogens with one attached hydrogen (secondary N) is 1. The van der Waals surface area contributed by atoms with Crippen molar-refractivity contribution in [1.82, 2.24) is 5.32 Å². The molecule has 2 fully saturated rings. The zero-order valence-corrected chi connectivity index (χ0v) is 12.3. The van der Waals surface area contributed by atoms with Gasteiger partial charge in [0.25, 0.3) is 0 Å². The minimum Gasteiger partial charge on any atom is -0.377 e. The lowest BCUT2D eigenvalue weighted by Gasteiger charge is -2.44. The molecule has 0 radical (unpaired) electrons.